The summed E-state index contributed by atoms with van der Waals surface area (Å²) in [7, 11) is 0. The summed E-state index contributed by atoms with van der Waals surface area (Å²) in [5.41, 5.74) is 1.68. The van der Waals surface area contributed by atoms with Crippen molar-refractivity contribution >= 4 is 5.97 Å². The summed E-state index contributed by atoms with van der Waals surface area (Å²) in [5, 5.41) is 12.0. The van der Waals surface area contributed by atoms with Crippen molar-refractivity contribution in [3.63, 3.8) is 0 Å². The molecule has 4 nitrogen and oxygen atoms in total. The molecule has 1 aromatic carbocycles. The van der Waals surface area contributed by atoms with Gasteiger partial charge in [-0.3, -0.25) is 4.79 Å². The molecule has 0 saturated heterocycles. The quantitative estimate of drug-likeness (QED) is 0.780. The molecule has 0 heterocycles. The van der Waals surface area contributed by atoms with Crippen molar-refractivity contribution < 1.29 is 9.53 Å². The molecule has 1 N–H and O–H groups in total. The monoisotopic (exact) mass is 246 g/mol. The van der Waals surface area contributed by atoms with Crippen molar-refractivity contribution in [3.8, 4) is 6.07 Å². The van der Waals surface area contributed by atoms with Gasteiger partial charge in [0.15, 0.2) is 0 Å². The highest BCUT2D eigenvalue weighted by atomic mass is 16.5. The van der Waals surface area contributed by atoms with Crippen LogP contribution in [0.15, 0.2) is 24.3 Å². The molecule has 18 heavy (non-hydrogen) atoms. The van der Waals surface area contributed by atoms with Gasteiger partial charge in [-0.05, 0) is 31.5 Å². The lowest BCUT2D eigenvalue weighted by molar-refractivity contribution is -0.143. The second kappa shape index (κ2) is 7.46. The molecule has 1 unspecified atom stereocenters. The third-order valence-corrected chi connectivity index (χ3v) is 2.49. The molecular weight excluding hydrogens is 228 g/mol. The Morgan fingerprint density at radius 1 is 1.56 bits per heavy atom. The summed E-state index contributed by atoms with van der Waals surface area (Å²) < 4.78 is 4.88. The van der Waals surface area contributed by atoms with Crippen molar-refractivity contribution in [1.82, 2.24) is 5.32 Å². The van der Waals surface area contributed by atoms with Crippen LogP contribution in [0.5, 0.6) is 0 Å². The lowest BCUT2D eigenvalue weighted by Crippen LogP contribution is -2.28. The molecule has 0 aliphatic carbocycles. The fourth-order valence-electron chi connectivity index (χ4n) is 1.59. The Hall–Kier alpha value is -1.86. The van der Waals surface area contributed by atoms with Gasteiger partial charge >= 0.3 is 5.97 Å². The highest BCUT2D eigenvalue weighted by Gasteiger charge is 2.09. The highest BCUT2D eigenvalue weighted by molar-refractivity contribution is 5.70. The molecule has 1 atom stereocenters. The molecule has 1 aromatic rings. The minimum atomic E-state index is -0.191. The molecule has 0 spiro atoms. The Balaban J connectivity index is 2.40. The van der Waals surface area contributed by atoms with E-state index in [-0.39, 0.29) is 12.0 Å². The maximum atomic E-state index is 11.3. The van der Waals surface area contributed by atoms with Gasteiger partial charge in [0.1, 0.15) is 0 Å². The first-order valence-electron chi connectivity index (χ1n) is 6.03. The smallest absolute Gasteiger partial charge is 0.307 e. The van der Waals surface area contributed by atoms with Gasteiger partial charge in [0.2, 0.25) is 0 Å². The summed E-state index contributed by atoms with van der Waals surface area (Å²) in [6, 6.07) is 9.56. The van der Waals surface area contributed by atoms with Crippen molar-refractivity contribution in [2.45, 2.75) is 32.9 Å². The molecule has 0 amide bonds. The Labute approximate surface area is 108 Å². The fraction of sp³-hybridized carbons (Fsp3) is 0.429. The van der Waals surface area contributed by atoms with Crippen molar-refractivity contribution in [3.05, 3.63) is 35.4 Å². The minimum Gasteiger partial charge on any atom is -0.466 e. The number of ether oxygens (including phenoxy) is 1. The minimum absolute atomic E-state index is 0.0507. The van der Waals surface area contributed by atoms with Crippen molar-refractivity contribution in [2.24, 2.45) is 0 Å². The number of nitrogens with one attached hydrogen (secondary N) is 1. The van der Waals surface area contributed by atoms with Crippen LogP contribution in [-0.2, 0) is 16.1 Å². The highest BCUT2D eigenvalue weighted by Crippen LogP contribution is 2.04. The standard InChI is InChI=1S/C14H18N2O2/c1-3-18-14(17)7-11(2)16-10-13-6-4-5-12(8-13)9-15/h4-6,8,11,16H,3,7,10H2,1-2H3. The summed E-state index contributed by atoms with van der Waals surface area (Å²) in [6.07, 6.45) is 0.353. The van der Waals surface area contributed by atoms with E-state index in [4.69, 9.17) is 10.00 Å². The zero-order valence-electron chi connectivity index (χ0n) is 10.8. The van der Waals surface area contributed by atoms with Gasteiger partial charge in [0, 0.05) is 12.6 Å². The lowest BCUT2D eigenvalue weighted by Gasteiger charge is -2.13. The van der Waals surface area contributed by atoms with Gasteiger partial charge in [-0.25, -0.2) is 0 Å². The normalized spacial score (nSPS) is 11.6. The van der Waals surface area contributed by atoms with E-state index in [2.05, 4.69) is 11.4 Å². The summed E-state index contributed by atoms with van der Waals surface area (Å²) in [6.45, 7) is 4.78. The Morgan fingerprint density at radius 2 is 2.33 bits per heavy atom. The molecule has 1 rings (SSSR count). The molecule has 0 aromatic heterocycles. The van der Waals surface area contributed by atoms with E-state index in [0.29, 0.717) is 25.1 Å². The number of carbonyl (C=O) groups is 1. The third-order valence-electron chi connectivity index (χ3n) is 2.49. The van der Waals surface area contributed by atoms with Crippen LogP contribution in [0.3, 0.4) is 0 Å². The molecule has 0 radical (unpaired) electrons. The number of hydrogen-bond acceptors (Lipinski definition) is 4. The first kappa shape index (κ1) is 14.2. The Morgan fingerprint density at radius 3 is 3.00 bits per heavy atom. The zero-order valence-corrected chi connectivity index (χ0v) is 10.8. The number of nitriles is 1. The Bertz CT molecular complexity index is 438. The van der Waals surface area contributed by atoms with E-state index in [1.807, 2.05) is 25.1 Å². The van der Waals surface area contributed by atoms with Crippen molar-refractivity contribution in [2.75, 3.05) is 6.61 Å². The maximum Gasteiger partial charge on any atom is 0.307 e. The van der Waals surface area contributed by atoms with Crippen molar-refractivity contribution in [1.29, 1.82) is 5.26 Å². The molecule has 4 heteroatoms. The van der Waals surface area contributed by atoms with Gasteiger partial charge < -0.3 is 10.1 Å². The Kier molecular flexibility index (Phi) is 5.89. The van der Waals surface area contributed by atoms with Gasteiger partial charge in [-0.2, -0.15) is 5.26 Å². The van der Waals surface area contributed by atoms with Crippen LogP contribution in [0.2, 0.25) is 0 Å². The molecular formula is C14H18N2O2. The van der Waals surface area contributed by atoms with Crippen LogP contribution in [0.4, 0.5) is 0 Å². The summed E-state index contributed by atoms with van der Waals surface area (Å²) >= 11 is 0. The second-order valence-electron chi connectivity index (χ2n) is 4.10. The van der Waals surface area contributed by atoms with Crippen LogP contribution < -0.4 is 5.32 Å². The van der Waals surface area contributed by atoms with Crippen LogP contribution in [0.25, 0.3) is 0 Å². The number of benzene rings is 1. The van der Waals surface area contributed by atoms with Gasteiger partial charge in [0.25, 0.3) is 0 Å². The van der Waals surface area contributed by atoms with E-state index in [1.165, 1.54) is 0 Å². The average molecular weight is 246 g/mol. The SMILES string of the molecule is CCOC(=O)CC(C)NCc1cccc(C#N)c1. The largest absolute Gasteiger partial charge is 0.466 e. The number of hydrogen-bond donors (Lipinski definition) is 1. The number of esters is 1. The summed E-state index contributed by atoms with van der Waals surface area (Å²) in [4.78, 5) is 11.3. The van der Waals surface area contributed by atoms with Crippen LogP contribution >= 0.6 is 0 Å². The first-order valence-corrected chi connectivity index (χ1v) is 6.03. The van der Waals surface area contributed by atoms with E-state index < -0.39 is 0 Å². The average Bonchev–Trinajstić information content (AvgIpc) is 2.37. The predicted molar refractivity (Wildman–Crippen MR) is 68.7 cm³/mol. The van der Waals surface area contributed by atoms with Gasteiger partial charge in [0.05, 0.1) is 24.7 Å². The molecule has 0 saturated carbocycles. The number of carbonyl (C=O) groups excluding carboxylic acids is 1. The van der Waals surface area contributed by atoms with E-state index in [9.17, 15) is 4.79 Å². The fourth-order valence-corrected chi connectivity index (χ4v) is 1.59. The van der Waals surface area contributed by atoms with Crippen LogP contribution in [0, 0.1) is 11.3 Å². The van der Waals surface area contributed by atoms with Gasteiger partial charge in [-0.15, -0.1) is 0 Å². The van der Waals surface area contributed by atoms with Crippen LogP contribution in [0.1, 0.15) is 31.4 Å². The van der Waals surface area contributed by atoms with E-state index in [1.54, 1.807) is 13.0 Å². The summed E-state index contributed by atoms with van der Waals surface area (Å²) in [5.74, 6) is -0.191. The molecule has 0 fully saturated rings. The van der Waals surface area contributed by atoms with Gasteiger partial charge in [-0.1, -0.05) is 12.1 Å². The predicted octanol–water partition coefficient (Wildman–Crippen LogP) is 1.99. The number of nitrogens with zero attached hydrogens (tertiary/aromatic N) is 1. The lowest BCUT2D eigenvalue weighted by atomic mass is 10.1. The molecule has 96 valence electrons. The maximum absolute atomic E-state index is 11.3. The number of rotatable bonds is 6. The zero-order chi connectivity index (χ0) is 13.4. The topological polar surface area (TPSA) is 62.1 Å². The third kappa shape index (κ3) is 4.98. The first-order chi connectivity index (χ1) is 8.65. The second-order valence-corrected chi connectivity index (χ2v) is 4.10. The molecule has 0 aliphatic rings. The van der Waals surface area contributed by atoms with Crippen LogP contribution in [-0.4, -0.2) is 18.6 Å². The van der Waals surface area contributed by atoms with E-state index >= 15 is 0 Å². The molecule has 0 bridgehead atoms. The molecule has 0 aliphatic heterocycles. The van der Waals surface area contributed by atoms with E-state index in [0.717, 1.165) is 5.56 Å².